The van der Waals surface area contributed by atoms with Crippen molar-refractivity contribution >= 4 is 6.08 Å². The summed E-state index contributed by atoms with van der Waals surface area (Å²) in [6.07, 6.45) is 5.59. The molecule has 0 radical (unpaired) electrons. The van der Waals surface area contributed by atoms with Crippen LogP contribution in [0.4, 0.5) is 0 Å². The van der Waals surface area contributed by atoms with Gasteiger partial charge in [0.15, 0.2) is 0 Å². The van der Waals surface area contributed by atoms with Crippen LogP contribution in [-0.2, 0) is 0 Å². The van der Waals surface area contributed by atoms with E-state index < -0.39 is 0 Å². The van der Waals surface area contributed by atoms with E-state index in [1.54, 1.807) is 7.11 Å². The molecule has 1 aromatic rings. The molecule has 0 heterocycles. The van der Waals surface area contributed by atoms with Crippen LogP contribution >= 0.6 is 0 Å². The Morgan fingerprint density at radius 3 is 2.43 bits per heavy atom. The van der Waals surface area contributed by atoms with Gasteiger partial charge < -0.3 is 4.74 Å². The van der Waals surface area contributed by atoms with Crippen molar-refractivity contribution in [2.75, 3.05) is 7.11 Å². The zero-order chi connectivity index (χ0) is 10.4. The van der Waals surface area contributed by atoms with E-state index in [1.807, 2.05) is 12.1 Å². The van der Waals surface area contributed by atoms with Gasteiger partial charge in [0.1, 0.15) is 5.75 Å². The van der Waals surface area contributed by atoms with E-state index in [4.69, 9.17) is 4.74 Å². The first-order valence-corrected chi connectivity index (χ1v) is 5.08. The number of methoxy groups -OCH3 is 1. The molecule has 0 fully saturated rings. The highest BCUT2D eigenvalue weighted by atomic mass is 16.5. The topological polar surface area (TPSA) is 9.23 Å². The molecule has 1 aromatic carbocycles. The van der Waals surface area contributed by atoms with Crippen molar-refractivity contribution < 1.29 is 4.74 Å². The van der Waals surface area contributed by atoms with Gasteiger partial charge in [-0.1, -0.05) is 44.6 Å². The SMILES string of the molecule is CCC(C)/C=C/c1ccc(OC)cc1. The van der Waals surface area contributed by atoms with Crippen molar-refractivity contribution in [2.24, 2.45) is 5.92 Å². The number of hydrogen-bond acceptors (Lipinski definition) is 1. The normalized spacial score (nSPS) is 13.1. The number of hydrogen-bond donors (Lipinski definition) is 0. The van der Waals surface area contributed by atoms with Gasteiger partial charge in [-0.2, -0.15) is 0 Å². The third kappa shape index (κ3) is 3.25. The molecule has 0 aliphatic heterocycles. The van der Waals surface area contributed by atoms with Crippen LogP contribution in [0.1, 0.15) is 25.8 Å². The highest BCUT2D eigenvalue weighted by Crippen LogP contribution is 2.13. The van der Waals surface area contributed by atoms with Gasteiger partial charge in [-0.05, 0) is 23.6 Å². The molecule has 1 unspecified atom stereocenters. The summed E-state index contributed by atoms with van der Waals surface area (Å²) in [7, 11) is 1.68. The molecule has 76 valence electrons. The van der Waals surface area contributed by atoms with Crippen molar-refractivity contribution in [3.8, 4) is 5.75 Å². The minimum absolute atomic E-state index is 0.650. The van der Waals surface area contributed by atoms with Crippen molar-refractivity contribution in [3.05, 3.63) is 35.9 Å². The smallest absolute Gasteiger partial charge is 0.118 e. The van der Waals surface area contributed by atoms with Gasteiger partial charge in [-0.15, -0.1) is 0 Å². The van der Waals surface area contributed by atoms with Gasteiger partial charge in [0.05, 0.1) is 7.11 Å². The van der Waals surface area contributed by atoms with Crippen LogP contribution in [0.15, 0.2) is 30.3 Å². The van der Waals surface area contributed by atoms with Gasteiger partial charge in [-0.3, -0.25) is 0 Å². The van der Waals surface area contributed by atoms with E-state index in [9.17, 15) is 0 Å². The third-order valence-electron chi connectivity index (χ3n) is 2.38. The molecule has 0 amide bonds. The van der Waals surface area contributed by atoms with Gasteiger partial charge in [-0.25, -0.2) is 0 Å². The first-order valence-electron chi connectivity index (χ1n) is 5.08. The van der Waals surface area contributed by atoms with E-state index in [1.165, 1.54) is 12.0 Å². The lowest BCUT2D eigenvalue weighted by molar-refractivity contribution is 0.415. The van der Waals surface area contributed by atoms with Crippen molar-refractivity contribution in [2.45, 2.75) is 20.3 Å². The molecule has 0 bridgehead atoms. The average Bonchev–Trinajstić information content (AvgIpc) is 2.26. The highest BCUT2D eigenvalue weighted by Gasteiger charge is 1.92. The van der Waals surface area contributed by atoms with Crippen LogP contribution in [0.3, 0.4) is 0 Å². The summed E-state index contributed by atoms with van der Waals surface area (Å²) in [4.78, 5) is 0. The Labute approximate surface area is 86.4 Å². The molecule has 0 aromatic heterocycles. The maximum absolute atomic E-state index is 5.09. The number of rotatable bonds is 4. The van der Waals surface area contributed by atoms with Crippen molar-refractivity contribution in [1.82, 2.24) is 0 Å². The molecule has 0 saturated carbocycles. The molecule has 14 heavy (non-hydrogen) atoms. The zero-order valence-corrected chi connectivity index (χ0v) is 9.16. The predicted molar refractivity (Wildman–Crippen MR) is 61.5 cm³/mol. The fraction of sp³-hybridized carbons (Fsp3) is 0.385. The van der Waals surface area contributed by atoms with E-state index in [0.29, 0.717) is 5.92 Å². The zero-order valence-electron chi connectivity index (χ0n) is 9.16. The average molecular weight is 190 g/mol. The number of ether oxygens (including phenoxy) is 1. The fourth-order valence-corrected chi connectivity index (χ4v) is 1.13. The Kier molecular flexibility index (Phi) is 4.24. The summed E-state index contributed by atoms with van der Waals surface area (Å²) >= 11 is 0. The van der Waals surface area contributed by atoms with Crippen LogP contribution in [0.2, 0.25) is 0 Å². The van der Waals surface area contributed by atoms with Gasteiger partial charge in [0, 0.05) is 0 Å². The Hall–Kier alpha value is -1.24. The summed E-state index contributed by atoms with van der Waals surface area (Å²) < 4.78 is 5.09. The van der Waals surface area contributed by atoms with E-state index in [-0.39, 0.29) is 0 Å². The van der Waals surface area contributed by atoms with E-state index >= 15 is 0 Å². The largest absolute Gasteiger partial charge is 0.497 e. The second kappa shape index (κ2) is 5.48. The maximum atomic E-state index is 5.09. The van der Waals surface area contributed by atoms with Crippen LogP contribution in [0.5, 0.6) is 5.75 Å². The predicted octanol–water partition coefficient (Wildman–Crippen LogP) is 3.75. The maximum Gasteiger partial charge on any atom is 0.118 e. The number of allylic oxidation sites excluding steroid dienone is 1. The first-order chi connectivity index (χ1) is 6.76. The van der Waals surface area contributed by atoms with Crippen molar-refractivity contribution in [1.29, 1.82) is 0 Å². The molecule has 1 rings (SSSR count). The Morgan fingerprint density at radius 1 is 1.29 bits per heavy atom. The molecular weight excluding hydrogens is 172 g/mol. The van der Waals surface area contributed by atoms with Crippen molar-refractivity contribution in [3.63, 3.8) is 0 Å². The van der Waals surface area contributed by atoms with Crippen LogP contribution in [0.25, 0.3) is 6.08 Å². The standard InChI is InChI=1S/C13H18O/c1-4-11(2)5-6-12-7-9-13(14-3)10-8-12/h5-11H,4H2,1-3H3/b6-5+. The van der Waals surface area contributed by atoms with E-state index in [0.717, 1.165) is 5.75 Å². The molecule has 0 aliphatic carbocycles. The summed E-state index contributed by atoms with van der Waals surface area (Å²) in [5, 5.41) is 0. The minimum atomic E-state index is 0.650. The lowest BCUT2D eigenvalue weighted by Gasteiger charge is -2.01. The van der Waals surface area contributed by atoms with E-state index in [2.05, 4.69) is 38.1 Å². The third-order valence-corrected chi connectivity index (χ3v) is 2.38. The lowest BCUT2D eigenvalue weighted by atomic mass is 10.1. The van der Waals surface area contributed by atoms with Crippen LogP contribution in [0, 0.1) is 5.92 Å². The molecule has 0 saturated heterocycles. The molecule has 0 N–H and O–H groups in total. The van der Waals surface area contributed by atoms with Crippen LogP contribution in [-0.4, -0.2) is 7.11 Å². The first kappa shape index (κ1) is 10.8. The lowest BCUT2D eigenvalue weighted by Crippen LogP contribution is -1.84. The minimum Gasteiger partial charge on any atom is -0.497 e. The number of benzene rings is 1. The Balaban J connectivity index is 2.64. The summed E-state index contributed by atoms with van der Waals surface area (Å²) in [5.74, 6) is 1.56. The summed E-state index contributed by atoms with van der Waals surface area (Å²) in [6.45, 7) is 4.42. The molecule has 0 aliphatic rings. The molecule has 0 spiro atoms. The molecule has 1 atom stereocenters. The summed E-state index contributed by atoms with van der Waals surface area (Å²) in [5.41, 5.74) is 1.23. The highest BCUT2D eigenvalue weighted by molar-refractivity contribution is 5.50. The fourth-order valence-electron chi connectivity index (χ4n) is 1.13. The molecule has 1 heteroatoms. The Bertz CT molecular complexity index is 285. The Morgan fingerprint density at radius 2 is 1.93 bits per heavy atom. The second-order valence-corrected chi connectivity index (χ2v) is 3.52. The molecule has 1 nitrogen and oxygen atoms in total. The molecular formula is C13H18O. The summed E-state index contributed by atoms with van der Waals surface area (Å²) in [6, 6.07) is 8.10. The van der Waals surface area contributed by atoms with Gasteiger partial charge in [0.25, 0.3) is 0 Å². The van der Waals surface area contributed by atoms with Gasteiger partial charge in [0.2, 0.25) is 0 Å². The van der Waals surface area contributed by atoms with Crippen LogP contribution < -0.4 is 4.74 Å². The second-order valence-electron chi connectivity index (χ2n) is 3.52. The monoisotopic (exact) mass is 190 g/mol. The quantitative estimate of drug-likeness (QED) is 0.702. The van der Waals surface area contributed by atoms with Gasteiger partial charge >= 0.3 is 0 Å².